The molecule has 0 spiro atoms. The van der Waals surface area contributed by atoms with E-state index in [4.69, 9.17) is 9.84 Å². The van der Waals surface area contributed by atoms with Crippen molar-refractivity contribution in [3.05, 3.63) is 100 Å². The Bertz CT molecular complexity index is 1480. The molecule has 1 aliphatic rings. The molecule has 1 unspecified atom stereocenters. The first kappa shape index (κ1) is 24.6. The summed E-state index contributed by atoms with van der Waals surface area (Å²) in [6.07, 6.45) is 2.51. The predicted molar refractivity (Wildman–Crippen MR) is 144 cm³/mol. The minimum Gasteiger partial charge on any atom is -0.482 e. The standard InChI is InChI=1S/C31H32N2O4/c1-19-21(3)33(17-22-6-4-9-27(14-22)37-18-30(34)35)29-13-12-26(16-28(19)29)31(36)32-20(2)24-7-5-8-25(15-24)23-10-11-23/h4-9,12-16,20,23H,10-11,17-18H2,1-3H3,(H,32,36)(H,34,35). The molecule has 1 heterocycles. The number of hydrogen-bond acceptors (Lipinski definition) is 3. The second-order valence-electron chi connectivity index (χ2n) is 10.00. The number of carboxylic acids is 1. The van der Waals surface area contributed by atoms with Gasteiger partial charge in [-0.05, 0) is 92.1 Å². The number of aliphatic carboxylic acids is 1. The third kappa shape index (κ3) is 5.38. The normalized spacial score (nSPS) is 13.9. The number of aromatic nitrogens is 1. The van der Waals surface area contributed by atoms with E-state index in [1.165, 1.54) is 18.4 Å². The highest BCUT2D eigenvalue weighted by Gasteiger charge is 2.24. The fourth-order valence-electron chi connectivity index (χ4n) is 4.92. The minimum absolute atomic E-state index is 0.0787. The van der Waals surface area contributed by atoms with Gasteiger partial charge >= 0.3 is 5.97 Å². The van der Waals surface area contributed by atoms with Crippen molar-refractivity contribution in [2.24, 2.45) is 0 Å². The van der Waals surface area contributed by atoms with Gasteiger partial charge in [-0.15, -0.1) is 0 Å². The van der Waals surface area contributed by atoms with Crippen LogP contribution in [0.15, 0.2) is 66.7 Å². The van der Waals surface area contributed by atoms with Gasteiger partial charge in [-0.1, -0.05) is 36.4 Å². The summed E-state index contributed by atoms with van der Waals surface area (Å²) in [5.41, 5.74) is 7.45. The number of amides is 1. The molecule has 1 aromatic heterocycles. The van der Waals surface area contributed by atoms with Crippen molar-refractivity contribution in [3.63, 3.8) is 0 Å². The van der Waals surface area contributed by atoms with Gasteiger partial charge in [0.2, 0.25) is 0 Å². The Morgan fingerprint density at radius 1 is 1.05 bits per heavy atom. The molecular weight excluding hydrogens is 464 g/mol. The average Bonchev–Trinajstić information content (AvgIpc) is 3.72. The molecule has 1 amide bonds. The van der Waals surface area contributed by atoms with Crippen LogP contribution < -0.4 is 10.1 Å². The van der Waals surface area contributed by atoms with Gasteiger partial charge in [-0.2, -0.15) is 0 Å². The molecule has 0 bridgehead atoms. The number of aryl methyl sites for hydroxylation is 1. The minimum atomic E-state index is -1.01. The van der Waals surface area contributed by atoms with E-state index in [1.54, 1.807) is 6.07 Å². The third-order valence-electron chi connectivity index (χ3n) is 7.31. The molecule has 37 heavy (non-hydrogen) atoms. The predicted octanol–water partition coefficient (Wildman–Crippen LogP) is 6.14. The molecule has 6 nitrogen and oxygen atoms in total. The fourth-order valence-corrected chi connectivity index (χ4v) is 4.92. The van der Waals surface area contributed by atoms with E-state index < -0.39 is 5.97 Å². The second kappa shape index (κ2) is 10.1. The quantitative estimate of drug-likeness (QED) is 0.292. The van der Waals surface area contributed by atoms with E-state index >= 15 is 0 Å². The second-order valence-corrected chi connectivity index (χ2v) is 10.00. The van der Waals surface area contributed by atoms with Gasteiger partial charge in [-0.3, -0.25) is 4.79 Å². The molecule has 3 aromatic carbocycles. The number of hydrogen-bond donors (Lipinski definition) is 2. The number of carbonyl (C=O) groups is 2. The van der Waals surface area contributed by atoms with Crippen LogP contribution in [0.25, 0.3) is 10.9 Å². The molecule has 6 heteroatoms. The van der Waals surface area contributed by atoms with Gasteiger partial charge in [0.25, 0.3) is 5.91 Å². The lowest BCUT2D eigenvalue weighted by Crippen LogP contribution is -2.26. The van der Waals surface area contributed by atoms with Crippen molar-refractivity contribution in [2.45, 2.75) is 52.1 Å². The van der Waals surface area contributed by atoms with Crippen LogP contribution in [0.4, 0.5) is 0 Å². The summed E-state index contributed by atoms with van der Waals surface area (Å²) < 4.78 is 7.56. The Hall–Kier alpha value is -4.06. The third-order valence-corrected chi connectivity index (χ3v) is 7.31. The Morgan fingerprint density at radius 3 is 2.59 bits per heavy atom. The number of carboxylic acid groups (broad SMARTS) is 1. The zero-order valence-corrected chi connectivity index (χ0v) is 21.5. The average molecular weight is 497 g/mol. The first-order chi connectivity index (χ1) is 17.8. The van der Waals surface area contributed by atoms with Crippen LogP contribution in [0.5, 0.6) is 5.75 Å². The van der Waals surface area contributed by atoms with E-state index in [0.29, 0.717) is 23.8 Å². The summed E-state index contributed by atoms with van der Waals surface area (Å²) in [4.78, 5) is 24.0. The molecule has 0 radical (unpaired) electrons. The molecule has 2 N–H and O–H groups in total. The van der Waals surface area contributed by atoms with Crippen molar-refractivity contribution in [1.29, 1.82) is 0 Å². The Morgan fingerprint density at radius 2 is 1.84 bits per heavy atom. The van der Waals surface area contributed by atoms with Crippen molar-refractivity contribution < 1.29 is 19.4 Å². The molecule has 0 aliphatic heterocycles. The van der Waals surface area contributed by atoms with E-state index in [9.17, 15) is 9.59 Å². The number of carbonyl (C=O) groups excluding carboxylic acids is 1. The Balaban J connectivity index is 1.35. The first-order valence-electron chi connectivity index (χ1n) is 12.7. The monoisotopic (exact) mass is 496 g/mol. The lowest BCUT2D eigenvalue weighted by atomic mass is 10.0. The highest BCUT2D eigenvalue weighted by molar-refractivity contribution is 5.99. The van der Waals surface area contributed by atoms with Crippen LogP contribution in [-0.4, -0.2) is 28.2 Å². The van der Waals surface area contributed by atoms with E-state index in [1.807, 2.05) is 43.3 Å². The van der Waals surface area contributed by atoms with Crippen LogP contribution in [0.3, 0.4) is 0 Å². The van der Waals surface area contributed by atoms with Gasteiger partial charge in [0.15, 0.2) is 6.61 Å². The molecule has 4 aromatic rings. The Kier molecular flexibility index (Phi) is 6.74. The van der Waals surface area contributed by atoms with Gasteiger partial charge < -0.3 is 19.7 Å². The summed E-state index contributed by atoms with van der Waals surface area (Å²) in [5.74, 6) is 0.121. The molecule has 1 atom stereocenters. The van der Waals surface area contributed by atoms with E-state index in [-0.39, 0.29) is 18.6 Å². The maximum Gasteiger partial charge on any atom is 0.341 e. The Labute approximate surface area is 216 Å². The SMILES string of the molecule is Cc1c(C)n(Cc2cccc(OCC(=O)O)c2)c2ccc(C(=O)NC(C)c3cccc(C4CC4)c3)cc12. The summed E-state index contributed by atoms with van der Waals surface area (Å²) in [7, 11) is 0. The largest absolute Gasteiger partial charge is 0.482 e. The van der Waals surface area contributed by atoms with E-state index in [0.717, 1.165) is 33.3 Å². The summed E-state index contributed by atoms with van der Waals surface area (Å²) in [6.45, 7) is 6.43. The highest BCUT2D eigenvalue weighted by atomic mass is 16.5. The zero-order valence-electron chi connectivity index (χ0n) is 21.5. The number of nitrogens with zero attached hydrogens (tertiary/aromatic N) is 1. The number of nitrogens with one attached hydrogen (secondary N) is 1. The highest BCUT2D eigenvalue weighted by Crippen LogP contribution is 2.40. The van der Waals surface area contributed by atoms with Gasteiger partial charge in [0.1, 0.15) is 5.75 Å². The number of rotatable bonds is 9. The van der Waals surface area contributed by atoms with Crippen LogP contribution >= 0.6 is 0 Å². The molecular formula is C31H32N2O4. The van der Waals surface area contributed by atoms with Crippen molar-refractivity contribution in [3.8, 4) is 5.75 Å². The fraction of sp³-hybridized carbons (Fsp3) is 0.290. The number of fused-ring (bicyclic) bond motifs is 1. The van der Waals surface area contributed by atoms with Crippen molar-refractivity contribution in [1.82, 2.24) is 9.88 Å². The molecule has 190 valence electrons. The lowest BCUT2D eigenvalue weighted by molar-refractivity contribution is -0.139. The van der Waals surface area contributed by atoms with Gasteiger partial charge in [-0.25, -0.2) is 4.79 Å². The molecule has 0 saturated heterocycles. The van der Waals surface area contributed by atoms with Crippen LogP contribution in [0.2, 0.25) is 0 Å². The maximum atomic E-state index is 13.2. The molecule has 1 fully saturated rings. The number of benzene rings is 3. The molecule has 5 rings (SSSR count). The van der Waals surface area contributed by atoms with Crippen molar-refractivity contribution in [2.75, 3.05) is 6.61 Å². The number of ether oxygens (including phenoxy) is 1. The topological polar surface area (TPSA) is 80.6 Å². The van der Waals surface area contributed by atoms with Crippen molar-refractivity contribution >= 4 is 22.8 Å². The van der Waals surface area contributed by atoms with E-state index in [2.05, 4.69) is 48.0 Å². The summed E-state index contributed by atoms with van der Waals surface area (Å²) >= 11 is 0. The molecule has 1 saturated carbocycles. The molecule has 1 aliphatic carbocycles. The van der Waals surface area contributed by atoms with Gasteiger partial charge in [0.05, 0.1) is 6.04 Å². The summed E-state index contributed by atoms with van der Waals surface area (Å²) in [5, 5.41) is 13.1. The van der Waals surface area contributed by atoms with Crippen LogP contribution in [-0.2, 0) is 11.3 Å². The van der Waals surface area contributed by atoms with Gasteiger partial charge in [0, 0.05) is 28.7 Å². The summed E-state index contributed by atoms with van der Waals surface area (Å²) in [6, 6.07) is 21.8. The van der Waals surface area contributed by atoms with Crippen LogP contribution in [0, 0.1) is 13.8 Å². The van der Waals surface area contributed by atoms with Crippen LogP contribution in [0.1, 0.15) is 70.0 Å². The zero-order chi connectivity index (χ0) is 26.1. The first-order valence-corrected chi connectivity index (χ1v) is 12.7. The smallest absolute Gasteiger partial charge is 0.341 e. The lowest BCUT2D eigenvalue weighted by Gasteiger charge is -2.16. The maximum absolute atomic E-state index is 13.2.